The molecule has 1 atom stereocenters. The minimum absolute atomic E-state index is 0.0194. The van der Waals surface area contributed by atoms with Gasteiger partial charge in [0.2, 0.25) is 0 Å². The van der Waals surface area contributed by atoms with E-state index in [0.29, 0.717) is 29.8 Å². The SMILES string of the molecule is CCS(=O)(=O)c1ccc2c(c1)CCN(C(=O)O)C2C(=O)Nc1ccc(C(O)(C(F)(F)F)C(F)(F)F)cc1. The number of rotatable bonds is 5. The van der Waals surface area contributed by atoms with Crippen LogP contribution in [0.3, 0.4) is 0 Å². The molecule has 0 saturated carbocycles. The largest absolute Gasteiger partial charge is 0.465 e. The van der Waals surface area contributed by atoms with Gasteiger partial charge in [-0.2, -0.15) is 26.3 Å². The zero-order valence-corrected chi connectivity index (χ0v) is 19.7. The van der Waals surface area contributed by atoms with Crippen LogP contribution >= 0.6 is 0 Å². The van der Waals surface area contributed by atoms with Gasteiger partial charge in [-0.3, -0.25) is 9.69 Å². The smallest absolute Gasteiger partial charge is 0.430 e. The summed E-state index contributed by atoms with van der Waals surface area (Å²) < 4.78 is 103. The zero-order chi connectivity index (χ0) is 28.0. The van der Waals surface area contributed by atoms with Crippen LogP contribution in [0.1, 0.15) is 29.7 Å². The van der Waals surface area contributed by atoms with E-state index in [2.05, 4.69) is 5.32 Å². The third kappa shape index (κ3) is 5.09. The highest BCUT2D eigenvalue weighted by atomic mass is 32.2. The second-order valence-electron chi connectivity index (χ2n) is 8.17. The van der Waals surface area contributed by atoms with Crippen LogP contribution in [0.4, 0.5) is 36.8 Å². The van der Waals surface area contributed by atoms with Crippen molar-refractivity contribution in [3.63, 3.8) is 0 Å². The van der Waals surface area contributed by atoms with Crippen molar-refractivity contribution in [2.45, 2.75) is 42.2 Å². The number of carbonyl (C=O) groups is 2. The first kappa shape index (κ1) is 28.2. The number of nitrogens with zero attached hydrogens (tertiary/aromatic N) is 1. The number of halogens is 6. The number of hydrogen-bond acceptors (Lipinski definition) is 5. The zero-order valence-electron chi connectivity index (χ0n) is 18.9. The lowest BCUT2D eigenvalue weighted by Crippen LogP contribution is -2.53. The molecule has 202 valence electrons. The number of fused-ring (bicyclic) bond motifs is 1. The van der Waals surface area contributed by atoms with Crippen LogP contribution < -0.4 is 5.32 Å². The maximum atomic E-state index is 13.1. The Balaban J connectivity index is 1.95. The van der Waals surface area contributed by atoms with E-state index < -0.39 is 51.4 Å². The number of benzene rings is 2. The molecular weight excluding hydrogens is 534 g/mol. The molecule has 8 nitrogen and oxygen atoms in total. The fraction of sp³-hybridized carbons (Fsp3) is 0.364. The molecule has 2 aromatic carbocycles. The lowest BCUT2D eigenvalue weighted by atomic mass is 9.91. The fourth-order valence-corrected chi connectivity index (χ4v) is 4.88. The standard InChI is InChI=1S/C22H20F6N2O6S/c1-2-37(35,36)15-7-8-16-12(11-15)9-10-30(19(32)33)17(16)18(31)29-14-5-3-13(4-6-14)20(34,21(23,24)25)22(26,27)28/h3-8,11,17,34H,2,9-10H2,1H3,(H,29,31)(H,32,33). The molecule has 0 bridgehead atoms. The lowest BCUT2D eigenvalue weighted by molar-refractivity contribution is -0.376. The summed E-state index contributed by atoms with van der Waals surface area (Å²) in [7, 11) is -3.60. The molecule has 0 aliphatic carbocycles. The van der Waals surface area contributed by atoms with Gasteiger partial charge >= 0.3 is 18.4 Å². The Morgan fingerprint density at radius 1 is 1.03 bits per heavy atom. The number of nitrogens with one attached hydrogen (secondary N) is 1. The third-order valence-corrected chi connectivity index (χ3v) is 7.70. The molecule has 1 aliphatic heterocycles. The first-order valence-electron chi connectivity index (χ1n) is 10.6. The van der Waals surface area contributed by atoms with Crippen LogP contribution in [0.15, 0.2) is 47.4 Å². The number of aliphatic hydroxyl groups is 1. The minimum Gasteiger partial charge on any atom is -0.465 e. The van der Waals surface area contributed by atoms with Crippen molar-refractivity contribution in [1.29, 1.82) is 0 Å². The molecule has 15 heteroatoms. The van der Waals surface area contributed by atoms with Gasteiger partial charge < -0.3 is 15.5 Å². The summed E-state index contributed by atoms with van der Waals surface area (Å²) in [6, 6.07) is 4.41. The number of carboxylic acid groups (broad SMARTS) is 1. The number of amides is 2. The molecular formula is C22H20F6N2O6S. The summed E-state index contributed by atoms with van der Waals surface area (Å²) in [6.45, 7) is 1.26. The quantitative estimate of drug-likeness (QED) is 0.480. The van der Waals surface area contributed by atoms with Crippen LogP contribution in [-0.4, -0.2) is 60.2 Å². The van der Waals surface area contributed by atoms with Gasteiger partial charge in [0.25, 0.3) is 11.5 Å². The Bertz CT molecular complexity index is 1290. The molecule has 1 unspecified atom stereocenters. The fourth-order valence-electron chi connectivity index (χ4n) is 3.95. The van der Waals surface area contributed by atoms with Gasteiger partial charge in [-0.15, -0.1) is 0 Å². The molecule has 0 spiro atoms. The number of hydrogen-bond donors (Lipinski definition) is 3. The van der Waals surface area contributed by atoms with Crippen LogP contribution in [0, 0.1) is 0 Å². The van der Waals surface area contributed by atoms with E-state index in [4.69, 9.17) is 0 Å². The first-order valence-corrected chi connectivity index (χ1v) is 12.2. The van der Waals surface area contributed by atoms with E-state index in [0.717, 1.165) is 4.90 Å². The molecule has 2 aromatic rings. The average molecular weight is 554 g/mol. The third-order valence-electron chi connectivity index (χ3n) is 5.97. The number of carbonyl (C=O) groups excluding carboxylic acids is 1. The highest BCUT2D eigenvalue weighted by Gasteiger charge is 2.71. The molecule has 2 amide bonds. The second kappa shape index (κ2) is 9.52. The summed E-state index contributed by atoms with van der Waals surface area (Å²) in [5.74, 6) is -1.17. The van der Waals surface area contributed by atoms with Gasteiger partial charge in [0.05, 0.1) is 10.6 Å². The predicted octanol–water partition coefficient (Wildman–Crippen LogP) is 4.01. The van der Waals surface area contributed by atoms with Crippen LogP contribution in [0.25, 0.3) is 0 Å². The Morgan fingerprint density at radius 3 is 2.08 bits per heavy atom. The Hall–Kier alpha value is -3.33. The molecule has 37 heavy (non-hydrogen) atoms. The summed E-state index contributed by atoms with van der Waals surface area (Å²) in [6.07, 6.45) is -13.6. The number of anilines is 1. The van der Waals surface area contributed by atoms with Crippen LogP contribution in [0.2, 0.25) is 0 Å². The highest BCUT2D eigenvalue weighted by Crippen LogP contribution is 2.50. The van der Waals surface area contributed by atoms with Gasteiger partial charge in [0.1, 0.15) is 6.04 Å². The van der Waals surface area contributed by atoms with Crippen molar-refractivity contribution < 1.29 is 54.6 Å². The average Bonchev–Trinajstić information content (AvgIpc) is 2.81. The van der Waals surface area contributed by atoms with Crippen molar-refractivity contribution in [2.75, 3.05) is 17.6 Å². The summed E-state index contributed by atoms with van der Waals surface area (Å²) >= 11 is 0. The summed E-state index contributed by atoms with van der Waals surface area (Å²) in [5, 5.41) is 21.3. The predicted molar refractivity (Wildman–Crippen MR) is 116 cm³/mol. The Kier molecular flexibility index (Phi) is 7.27. The van der Waals surface area contributed by atoms with E-state index in [1.807, 2.05) is 0 Å². The monoisotopic (exact) mass is 554 g/mol. The maximum Gasteiger partial charge on any atom is 0.430 e. The molecule has 0 aromatic heterocycles. The van der Waals surface area contributed by atoms with E-state index in [-0.39, 0.29) is 34.9 Å². The highest BCUT2D eigenvalue weighted by molar-refractivity contribution is 7.91. The molecule has 1 aliphatic rings. The van der Waals surface area contributed by atoms with Crippen molar-refractivity contribution in [1.82, 2.24) is 4.90 Å². The van der Waals surface area contributed by atoms with Gasteiger partial charge in [0.15, 0.2) is 9.84 Å². The number of alkyl halides is 6. The normalized spacial score (nSPS) is 16.8. The lowest BCUT2D eigenvalue weighted by Gasteiger charge is -2.34. The van der Waals surface area contributed by atoms with E-state index >= 15 is 0 Å². The van der Waals surface area contributed by atoms with Crippen molar-refractivity contribution in [2.24, 2.45) is 0 Å². The van der Waals surface area contributed by atoms with Gasteiger partial charge in [-0.1, -0.05) is 25.1 Å². The van der Waals surface area contributed by atoms with Crippen molar-refractivity contribution in [3.8, 4) is 0 Å². The van der Waals surface area contributed by atoms with Crippen molar-refractivity contribution in [3.05, 3.63) is 59.2 Å². The van der Waals surface area contributed by atoms with Gasteiger partial charge in [-0.05, 0) is 41.8 Å². The van der Waals surface area contributed by atoms with E-state index in [1.54, 1.807) is 0 Å². The summed E-state index contributed by atoms with van der Waals surface area (Å²) in [4.78, 5) is 25.5. The minimum atomic E-state index is -6.09. The first-order chi connectivity index (χ1) is 16.9. The molecule has 0 saturated heterocycles. The molecule has 3 N–H and O–H groups in total. The Morgan fingerprint density at radius 2 is 1.59 bits per heavy atom. The van der Waals surface area contributed by atoms with Crippen molar-refractivity contribution >= 4 is 27.5 Å². The molecule has 0 radical (unpaired) electrons. The van der Waals surface area contributed by atoms with E-state index in [1.165, 1.54) is 25.1 Å². The molecule has 1 heterocycles. The molecule has 0 fully saturated rings. The second-order valence-corrected chi connectivity index (χ2v) is 10.4. The maximum absolute atomic E-state index is 13.1. The number of sulfone groups is 1. The summed E-state index contributed by atoms with van der Waals surface area (Å²) in [5.41, 5.74) is -6.40. The Labute approximate surface area is 206 Å². The van der Waals surface area contributed by atoms with E-state index in [9.17, 15) is 54.6 Å². The molecule has 3 rings (SSSR count). The van der Waals surface area contributed by atoms with Gasteiger partial charge in [0, 0.05) is 17.8 Å². The van der Waals surface area contributed by atoms with Crippen LogP contribution in [0.5, 0.6) is 0 Å². The van der Waals surface area contributed by atoms with Crippen LogP contribution in [-0.2, 0) is 26.7 Å². The van der Waals surface area contributed by atoms with Gasteiger partial charge in [-0.25, -0.2) is 13.2 Å². The topological polar surface area (TPSA) is 124 Å².